The molecule has 0 heterocycles. The Morgan fingerprint density at radius 2 is 1.64 bits per heavy atom. The van der Waals surface area contributed by atoms with Gasteiger partial charge >= 0.3 is 5.97 Å². The number of ketones is 1. The maximum absolute atomic E-state index is 12.2. The van der Waals surface area contributed by atoms with Gasteiger partial charge in [-0.2, -0.15) is 0 Å². The summed E-state index contributed by atoms with van der Waals surface area (Å²) in [4.78, 5) is 24.4. The van der Waals surface area contributed by atoms with Crippen molar-refractivity contribution in [2.45, 2.75) is 0 Å². The highest BCUT2D eigenvalue weighted by molar-refractivity contribution is 6.32. The van der Waals surface area contributed by atoms with E-state index in [1.807, 2.05) is 0 Å². The Bertz CT molecular complexity index is 787. The summed E-state index contributed by atoms with van der Waals surface area (Å²) in [6.07, 6.45) is 0. The van der Waals surface area contributed by atoms with Gasteiger partial charge in [0.2, 0.25) is 5.78 Å². The third kappa shape index (κ3) is 4.22. The number of hydrogen-bond donors (Lipinski definition) is 0. The van der Waals surface area contributed by atoms with E-state index >= 15 is 0 Å². The highest BCUT2D eigenvalue weighted by Crippen LogP contribution is 2.36. The van der Waals surface area contributed by atoms with Crippen LogP contribution in [-0.2, 0) is 4.74 Å². The number of ether oxygens (including phenoxy) is 4. The van der Waals surface area contributed by atoms with Crippen LogP contribution in [0.5, 0.6) is 17.2 Å². The van der Waals surface area contributed by atoms with Gasteiger partial charge < -0.3 is 18.9 Å². The summed E-state index contributed by atoms with van der Waals surface area (Å²) in [6, 6.07) is 9.52. The average Bonchev–Trinajstić information content (AvgIpc) is 2.64. The summed E-state index contributed by atoms with van der Waals surface area (Å²) in [6.45, 7) is -0.425. The van der Waals surface area contributed by atoms with E-state index in [4.69, 9.17) is 30.5 Å². The highest BCUT2D eigenvalue weighted by atomic mass is 35.5. The smallest absolute Gasteiger partial charge is 0.338 e. The molecule has 132 valence electrons. The number of carbonyl (C=O) groups is 2. The number of methoxy groups -OCH3 is 3. The van der Waals surface area contributed by atoms with Crippen LogP contribution in [0.4, 0.5) is 0 Å². The Labute approximate surface area is 150 Å². The Morgan fingerprint density at radius 1 is 0.960 bits per heavy atom. The lowest BCUT2D eigenvalue weighted by Crippen LogP contribution is -2.15. The highest BCUT2D eigenvalue weighted by Gasteiger charge is 2.18. The lowest BCUT2D eigenvalue weighted by atomic mass is 10.1. The molecule has 0 aromatic heterocycles. The van der Waals surface area contributed by atoms with Gasteiger partial charge in [0.25, 0.3) is 0 Å². The first-order chi connectivity index (χ1) is 12.0. The average molecular weight is 365 g/mol. The van der Waals surface area contributed by atoms with Crippen molar-refractivity contribution in [1.29, 1.82) is 0 Å². The molecule has 0 bridgehead atoms. The molecule has 0 atom stereocenters. The number of rotatable bonds is 7. The summed E-state index contributed by atoms with van der Waals surface area (Å²) < 4.78 is 20.4. The fourth-order valence-electron chi connectivity index (χ4n) is 2.20. The second-order valence-electron chi connectivity index (χ2n) is 4.89. The van der Waals surface area contributed by atoms with Crippen molar-refractivity contribution in [3.63, 3.8) is 0 Å². The molecule has 0 amide bonds. The molecule has 0 N–H and O–H groups in total. The van der Waals surface area contributed by atoms with Crippen molar-refractivity contribution in [1.82, 2.24) is 0 Å². The van der Waals surface area contributed by atoms with E-state index < -0.39 is 12.6 Å². The van der Waals surface area contributed by atoms with Crippen molar-refractivity contribution in [2.75, 3.05) is 27.9 Å². The second kappa shape index (κ2) is 8.39. The van der Waals surface area contributed by atoms with Gasteiger partial charge in [-0.25, -0.2) is 4.79 Å². The zero-order valence-corrected chi connectivity index (χ0v) is 14.8. The molecular formula is C18H17ClO6. The number of para-hydroxylation sites is 1. The van der Waals surface area contributed by atoms with E-state index in [0.29, 0.717) is 17.1 Å². The fraction of sp³-hybridized carbons (Fsp3) is 0.222. The number of carbonyl (C=O) groups excluding carboxylic acids is 2. The molecule has 0 aliphatic rings. The standard InChI is InChI=1S/C18H17ClO6/c1-22-15-7-5-4-6-12(15)14(20)10-25-18(21)11-8-13(19)17(24-3)16(9-11)23-2/h4-9H,10H2,1-3H3. The second-order valence-corrected chi connectivity index (χ2v) is 5.30. The molecule has 7 heteroatoms. The zero-order chi connectivity index (χ0) is 18.4. The first-order valence-electron chi connectivity index (χ1n) is 7.26. The molecule has 2 aromatic carbocycles. The maximum Gasteiger partial charge on any atom is 0.338 e. The van der Waals surface area contributed by atoms with Crippen LogP contribution >= 0.6 is 11.6 Å². The topological polar surface area (TPSA) is 71.1 Å². The maximum atomic E-state index is 12.2. The monoisotopic (exact) mass is 364 g/mol. The van der Waals surface area contributed by atoms with E-state index in [-0.39, 0.29) is 22.1 Å². The summed E-state index contributed by atoms with van der Waals surface area (Å²) in [5, 5.41) is 0.199. The van der Waals surface area contributed by atoms with Crippen LogP contribution < -0.4 is 14.2 Å². The number of benzene rings is 2. The molecule has 0 saturated carbocycles. The normalized spacial score (nSPS) is 10.1. The molecule has 0 fully saturated rings. The molecule has 0 aliphatic carbocycles. The Kier molecular flexibility index (Phi) is 6.25. The van der Waals surface area contributed by atoms with Gasteiger partial charge in [-0.1, -0.05) is 23.7 Å². The van der Waals surface area contributed by atoms with Crippen molar-refractivity contribution < 1.29 is 28.5 Å². The van der Waals surface area contributed by atoms with Crippen LogP contribution in [0.15, 0.2) is 36.4 Å². The number of halogens is 1. The quantitative estimate of drug-likeness (QED) is 0.554. The summed E-state index contributed by atoms with van der Waals surface area (Å²) in [5.74, 6) is -0.0648. The van der Waals surface area contributed by atoms with Crippen molar-refractivity contribution in [3.8, 4) is 17.2 Å². The van der Waals surface area contributed by atoms with E-state index in [9.17, 15) is 9.59 Å². The van der Waals surface area contributed by atoms with Gasteiger partial charge in [0.1, 0.15) is 5.75 Å². The summed E-state index contributed by atoms with van der Waals surface area (Å²) >= 11 is 6.06. The van der Waals surface area contributed by atoms with Crippen molar-refractivity contribution >= 4 is 23.4 Å². The Hall–Kier alpha value is -2.73. The van der Waals surface area contributed by atoms with Crippen LogP contribution in [0.25, 0.3) is 0 Å². The predicted octanol–water partition coefficient (Wildman–Crippen LogP) is 3.41. The van der Waals surface area contributed by atoms with Crippen LogP contribution in [0, 0.1) is 0 Å². The number of Topliss-reactive ketones (excluding diaryl/α,β-unsaturated/α-hetero) is 1. The molecule has 2 aromatic rings. The third-order valence-electron chi connectivity index (χ3n) is 3.41. The molecule has 6 nitrogen and oxygen atoms in total. The summed E-state index contributed by atoms with van der Waals surface area (Å²) in [5.41, 5.74) is 0.485. The molecule has 0 unspecified atom stereocenters. The molecule has 0 aliphatic heterocycles. The lowest BCUT2D eigenvalue weighted by molar-refractivity contribution is 0.0473. The van der Waals surface area contributed by atoms with Crippen molar-refractivity contribution in [2.24, 2.45) is 0 Å². The van der Waals surface area contributed by atoms with Crippen LogP contribution in [0.3, 0.4) is 0 Å². The van der Waals surface area contributed by atoms with E-state index in [1.165, 1.54) is 33.5 Å². The first-order valence-corrected chi connectivity index (χ1v) is 7.64. The van der Waals surface area contributed by atoms with Gasteiger partial charge in [0.05, 0.1) is 37.5 Å². The number of hydrogen-bond acceptors (Lipinski definition) is 6. The van der Waals surface area contributed by atoms with Crippen molar-refractivity contribution in [3.05, 3.63) is 52.5 Å². The van der Waals surface area contributed by atoms with E-state index in [2.05, 4.69) is 0 Å². The molecular weight excluding hydrogens is 348 g/mol. The molecule has 0 spiro atoms. The largest absolute Gasteiger partial charge is 0.496 e. The first kappa shape index (κ1) is 18.6. The van der Waals surface area contributed by atoms with Gasteiger partial charge in [-0.3, -0.25) is 4.79 Å². The van der Waals surface area contributed by atoms with E-state index in [1.54, 1.807) is 24.3 Å². The minimum atomic E-state index is -0.703. The Balaban J connectivity index is 2.12. The fourth-order valence-corrected chi connectivity index (χ4v) is 2.49. The van der Waals surface area contributed by atoms with Gasteiger partial charge in [-0.15, -0.1) is 0 Å². The van der Waals surface area contributed by atoms with Gasteiger partial charge in [0.15, 0.2) is 18.1 Å². The number of esters is 1. The zero-order valence-electron chi connectivity index (χ0n) is 14.0. The molecule has 2 rings (SSSR count). The predicted molar refractivity (Wildman–Crippen MR) is 92.2 cm³/mol. The minimum absolute atomic E-state index is 0.149. The third-order valence-corrected chi connectivity index (χ3v) is 3.69. The van der Waals surface area contributed by atoms with Crippen LogP contribution in [-0.4, -0.2) is 39.7 Å². The summed E-state index contributed by atoms with van der Waals surface area (Å²) in [7, 11) is 4.33. The molecule has 25 heavy (non-hydrogen) atoms. The minimum Gasteiger partial charge on any atom is -0.496 e. The van der Waals surface area contributed by atoms with Crippen LogP contribution in [0.2, 0.25) is 5.02 Å². The van der Waals surface area contributed by atoms with E-state index in [0.717, 1.165) is 0 Å². The Morgan fingerprint density at radius 3 is 2.28 bits per heavy atom. The lowest BCUT2D eigenvalue weighted by Gasteiger charge is -2.12. The van der Waals surface area contributed by atoms with Gasteiger partial charge in [-0.05, 0) is 24.3 Å². The molecule has 0 saturated heterocycles. The SMILES string of the molecule is COc1ccccc1C(=O)COC(=O)c1cc(Cl)c(OC)c(OC)c1. The molecule has 0 radical (unpaired) electrons. The van der Waals surface area contributed by atoms with Crippen LogP contribution in [0.1, 0.15) is 20.7 Å². The van der Waals surface area contributed by atoms with Gasteiger partial charge in [0, 0.05) is 0 Å².